The molecule has 3 aromatic rings. The zero-order chi connectivity index (χ0) is 26.0. The first-order valence-electron chi connectivity index (χ1n) is 11.2. The first kappa shape index (κ1) is 25.0. The maximum Gasteiger partial charge on any atom is 0.335 e. The molecule has 184 valence electrons. The van der Waals surface area contributed by atoms with Crippen molar-refractivity contribution in [1.29, 1.82) is 0 Å². The first-order valence-corrected chi connectivity index (χ1v) is 11.6. The number of carbonyl (C=O) groups is 3. The van der Waals surface area contributed by atoms with Crippen molar-refractivity contribution >= 4 is 41.2 Å². The Morgan fingerprint density at radius 1 is 0.944 bits per heavy atom. The molecule has 1 saturated heterocycles. The number of methoxy groups -OCH3 is 1. The Balaban J connectivity index is 1.70. The number of urea groups is 1. The minimum atomic E-state index is -0.844. The van der Waals surface area contributed by atoms with Crippen LogP contribution in [-0.4, -0.2) is 25.0 Å². The monoisotopic (exact) mass is 504 g/mol. The van der Waals surface area contributed by atoms with Crippen molar-refractivity contribution in [2.24, 2.45) is 0 Å². The minimum absolute atomic E-state index is 0.215. The number of halogens is 1. The van der Waals surface area contributed by atoms with Crippen LogP contribution in [0.3, 0.4) is 0 Å². The van der Waals surface area contributed by atoms with Crippen molar-refractivity contribution in [2.75, 3.05) is 12.0 Å². The number of benzene rings is 3. The molecule has 8 heteroatoms. The first-order chi connectivity index (χ1) is 17.2. The third kappa shape index (κ3) is 5.26. The van der Waals surface area contributed by atoms with Gasteiger partial charge >= 0.3 is 6.03 Å². The molecule has 4 rings (SSSR count). The quantitative estimate of drug-likeness (QED) is 0.353. The van der Waals surface area contributed by atoms with E-state index in [1.807, 2.05) is 32.9 Å². The van der Waals surface area contributed by atoms with E-state index in [1.54, 1.807) is 30.3 Å². The zero-order valence-electron chi connectivity index (χ0n) is 20.3. The molecule has 1 fully saturated rings. The van der Waals surface area contributed by atoms with E-state index < -0.39 is 17.8 Å². The van der Waals surface area contributed by atoms with E-state index in [4.69, 9.17) is 21.1 Å². The van der Waals surface area contributed by atoms with Gasteiger partial charge in [-0.15, -0.1) is 0 Å². The molecule has 4 amide bonds. The SMILES string of the molecule is COc1ccc(/C=C2\C(=O)NC(=O)N(c3ccc(C)c(Cl)c3)C2=O)c(OCc2cc(C)cc(C)c2)c1. The highest BCUT2D eigenvalue weighted by atomic mass is 35.5. The summed E-state index contributed by atoms with van der Waals surface area (Å²) in [5.74, 6) is -0.586. The largest absolute Gasteiger partial charge is 0.497 e. The van der Waals surface area contributed by atoms with E-state index >= 15 is 0 Å². The normalized spacial score (nSPS) is 14.8. The van der Waals surface area contributed by atoms with Crippen LogP contribution in [0, 0.1) is 20.8 Å². The van der Waals surface area contributed by atoms with Gasteiger partial charge in [0.2, 0.25) is 0 Å². The Morgan fingerprint density at radius 2 is 1.67 bits per heavy atom. The van der Waals surface area contributed by atoms with E-state index in [0.717, 1.165) is 27.2 Å². The van der Waals surface area contributed by atoms with Gasteiger partial charge in [-0.05, 0) is 62.2 Å². The third-order valence-corrected chi connectivity index (χ3v) is 6.12. The van der Waals surface area contributed by atoms with Gasteiger partial charge in [-0.2, -0.15) is 0 Å². The van der Waals surface area contributed by atoms with Crippen molar-refractivity contribution in [2.45, 2.75) is 27.4 Å². The minimum Gasteiger partial charge on any atom is -0.497 e. The van der Waals surface area contributed by atoms with Gasteiger partial charge in [-0.1, -0.05) is 47.0 Å². The Bertz CT molecular complexity index is 1390. The van der Waals surface area contributed by atoms with Crippen LogP contribution in [0.1, 0.15) is 27.8 Å². The van der Waals surface area contributed by atoms with E-state index in [-0.39, 0.29) is 17.9 Å². The summed E-state index contributed by atoms with van der Waals surface area (Å²) in [6, 6.07) is 15.2. The molecule has 0 aliphatic carbocycles. The van der Waals surface area contributed by atoms with Gasteiger partial charge in [0.05, 0.1) is 12.8 Å². The summed E-state index contributed by atoms with van der Waals surface area (Å²) in [6.07, 6.45) is 1.41. The fourth-order valence-corrected chi connectivity index (χ4v) is 4.14. The van der Waals surface area contributed by atoms with E-state index in [9.17, 15) is 14.4 Å². The predicted molar refractivity (Wildman–Crippen MR) is 138 cm³/mol. The molecule has 1 aliphatic heterocycles. The van der Waals surface area contributed by atoms with Crippen molar-refractivity contribution in [1.82, 2.24) is 5.32 Å². The van der Waals surface area contributed by atoms with Crippen LogP contribution >= 0.6 is 11.6 Å². The highest BCUT2D eigenvalue weighted by molar-refractivity contribution is 6.39. The van der Waals surface area contributed by atoms with Crippen LogP contribution in [0.25, 0.3) is 6.08 Å². The van der Waals surface area contributed by atoms with Gasteiger partial charge in [-0.25, -0.2) is 9.69 Å². The number of hydrogen-bond acceptors (Lipinski definition) is 5. The molecule has 0 aromatic heterocycles. The molecule has 1 N–H and O–H groups in total. The van der Waals surface area contributed by atoms with Crippen LogP contribution in [-0.2, 0) is 16.2 Å². The summed E-state index contributed by atoms with van der Waals surface area (Å²) in [4.78, 5) is 39.4. The molecule has 1 heterocycles. The van der Waals surface area contributed by atoms with Crippen LogP contribution in [0.15, 0.2) is 60.2 Å². The summed E-state index contributed by atoms with van der Waals surface area (Å²) in [7, 11) is 1.54. The van der Waals surface area contributed by atoms with Crippen LogP contribution in [0.4, 0.5) is 10.5 Å². The molecule has 7 nitrogen and oxygen atoms in total. The number of nitrogens with one attached hydrogen (secondary N) is 1. The smallest absolute Gasteiger partial charge is 0.335 e. The number of aryl methyl sites for hydroxylation is 3. The lowest BCUT2D eigenvalue weighted by atomic mass is 10.1. The number of rotatable bonds is 6. The van der Waals surface area contributed by atoms with Gasteiger partial charge in [-0.3, -0.25) is 14.9 Å². The summed E-state index contributed by atoms with van der Waals surface area (Å²) in [5, 5.41) is 2.62. The van der Waals surface area contributed by atoms with Gasteiger partial charge in [0.25, 0.3) is 11.8 Å². The Labute approximate surface area is 214 Å². The zero-order valence-corrected chi connectivity index (χ0v) is 21.1. The molecule has 0 spiro atoms. The van der Waals surface area contributed by atoms with E-state index in [0.29, 0.717) is 22.1 Å². The molecule has 0 atom stereocenters. The maximum absolute atomic E-state index is 13.3. The fraction of sp³-hybridized carbons (Fsp3) is 0.179. The summed E-state index contributed by atoms with van der Waals surface area (Å²) in [5.41, 5.74) is 4.53. The van der Waals surface area contributed by atoms with Crippen LogP contribution in [0.5, 0.6) is 11.5 Å². The van der Waals surface area contributed by atoms with Gasteiger partial charge < -0.3 is 9.47 Å². The van der Waals surface area contributed by atoms with Crippen molar-refractivity contribution in [3.8, 4) is 11.5 Å². The van der Waals surface area contributed by atoms with Crippen molar-refractivity contribution < 1.29 is 23.9 Å². The molecule has 0 saturated carbocycles. The number of hydrogen-bond donors (Lipinski definition) is 1. The van der Waals surface area contributed by atoms with Gasteiger partial charge in [0.15, 0.2) is 0 Å². The molecule has 1 aliphatic rings. The standard InChI is InChI=1S/C28H25ClN2O5/c1-16-9-17(2)11-19(10-16)15-36-25-14-22(35-4)8-6-20(25)12-23-26(32)30-28(34)31(27(23)33)21-7-5-18(3)24(29)13-21/h5-14H,15H2,1-4H3,(H,30,32,34)/b23-12+. The van der Waals surface area contributed by atoms with Gasteiger partial charge in [0, 0.05) is 16.7 Å². The highest BCUT2D eigenvalue weighted by Gasteiger charge is 2.37. The number of anilines is 1. The topological polar surface area (TPSA) is 84.9 Å². The second-order valence-corrected chi connectivity index (χ2v) is 8.99. The lowest BCUT2D eigenvalue weighted by Gasteiger charge is -2.26. The predicted octanol–water partition coefficient (Wildman–Crippen LogP) is 5.52. The number of barbiturate groups is 1. The number of carbonyl (C=O) groups excluding carboxylic acids is 3. The fourth-order valence-electron chi connectivity index (χ4n) is 3.97. The lowest BCUT2D eigenvalue weighted by molar-refractivity contribution is -0.122. The number of amides is 4. The molecule has 0 radical (unpaired) electrons. The number of ether oxygens (including phenoxy) is 2. The van der Waals surface area contributed by atoms with Crippen molar-refractivity contribution in [3.05, 3.63) is 93.0 Å². The molecular formula is C28H25ClN2O5. The maximum atomic E-state index is 13.3. The van der Waals surface area contributed by atoms with Crippen LogP contribution < -0.4 is 19.7 Å². The highest BCUT2D eigenvalue weighted by Crippen LogP contribution is 2.30. The lowest BCUT2D eigenvalue weighted by Crippen LogP contribution is -2.54. The van der Waals surface area contributed by atoms with Crippen LogP contribution in [0.2, 0.25) is 5.02 Å². The Kier molecular flexibility index (Phi) is 7.12. The van der Waals surface area contributed by atoms with Gasteiger partial charge in [0.1, 0.15) is 23.7 Å². The van der Waals surface area contributed by atoms with Crippen molar-refractivity contribution in [3.63, 3.8) is 0 Å². The summed E-state index contributed by atoms with van der Waals surface area (Å²) in [6.45, 7) is 6.11. The molecule has 0 bridgehead atoms. The average Bonchev–Trinajstić information content (AvgIpc) is 2.82. The molecular weight excluding hydrogens is 480 g/mol. The molecule has 3 aromatic carbocycles. The Morgan fingerprint density at radius 3 is 2.33 bits per heavy atom. The molecule has 36 heavy (non-hydrogen) atoms. The number of imide groups is 2. The number of nitrogens with zero attached hydrogens (tertiary/aromatic N) is 1. The summed E-state index contributed by atoms with van der Waals surface area (Å²) < 4.78 is 11.4. The summed E-state index contributed by atoms with van der Waals surface area (Å²) >= 11 is 6.20. The average molecular weight is 505 g/mol. The van der Waals surface area contributed by atoms with E-state index in [2.05, 4.69) is 11.4 Å². The second kappa shape index (κ2) is 10.3. The molecule has 0 unspecified atom stereocenters. The Hall–Kier alpha value is -4.10. The van der Waals surface area contributed by atoms with E-state index in [1.165, 1.54) is 19.3 Å². The second-order valence-electron chi connectivity index (χ2n) is 8.58. The third-order valence-electron chi connectivity index (χ3n) is 5.71.